The van der Waals surface area contributed by atoms with Gasteiger partial charge < -0.3 is 19.3 Å². The molecule has 1 amide bonds. The highest BCUT2D eigenvalue weighted by Gasteiger charge is 2.32. The van der Waals surface area contributed by atoms with Crippen LogP contribution < -0.4 is 9.80 Å². The topological polar surface area (TPSA) is 35.0 Å². The molecule has 2 aliphatic rings. The molecule has 2 atom stereocenters. The van der Waals surface area contributed by atoms with Crippen LogP contribution in [0.25, 0.3) is 0 Å². The number of hydrogen-bond donors (Lipinski definition) is 0. The molecule has 2 aliphatic heterocycles. The van der Waals surface area contributed by atoms with Crippen LogP contribution in [0.3, 0.4) is 0 Å². The van der Waals surface area contributed by atoms with Gasteiger partial charge in [0.05, 0.1) is 10.7 Å². The van der Waals surface area contributed by atoms with Gasteiger partial charge in [0.25, 0.3) is 5.91 Å². The molecule has 3 heterocycles. The Labute approximate surface area is 230 Å². The second-order valence-electron chi connectivity index (χ2n) is 10.5. The van der Waals surface area contributed by atoms with Gasteiger partial charge in [-0.15, -0.1) is 0 Å². The second kappa shape index (κ2) is 11.0. The maximum Gasteiger partial charge on any atom is 0.270 e. The number of piperazine rings is 2. The number of carbonyl (C=O) groups is 1. The molecule has 6 nitrogen and oxygen atoms in total. The van der Waals surface area contributed by atoms with Crippen molar-refractivity contribution in [1.29, 1.82) is 0 Å². The quantitative estimate of drug-likeness (QED) is 0.439. The lowest BCUT2D eigenvalue weighted by atomic mass is 10.1. The van der Waals surface area contributed by atoms with E-state index in [-0.39, 0.29) is 23.8 Å². The van der Waals surface area contributed by atoms with Crippen molar-refractivity contribution >= 4 is 28.9 Å². The van der Waals surface area contributed by atoms with Crippen molar-refractivity contribution in [2.45, 2.75) is 32.9 Å². The molecule has 0 bridgehead atoms. The molecule has 1 aromatic heterocycles. The van der Waals surface area contributed by atoms with E-state index < -0.39 is 0 Å². The molecular weight excluding hydrogens is 501 g/mol. The van der Waals surface area contributed by atoms with Gasteiger partial charge in [0, 0.05) is 76.3 Å². The molecule has 0 radical (unpaired) electrons. The van der Waals surface area contributed by atoms with E-state index in [9.17, 15) is 9.18 Å². The monoisotopic (exact) mass is 537 g/mol. The zero-order chi connectivity index (χ0) is 27.0. The number of rotatable bonds is 5. The average Bonchev–Trinajstić information content (AvgIpc) is 3.22. The molecule has 0 spiro atoms. The van der Waals surface area contributed by atoms with Gasteiger partial charge in [-0.2, -0.15) is 0 Å². The van der Waals surface area contributed by atoms with Crippen molar-refractivity contribution in [2.75, 3.05) is 55.6 Å². The van der Waals surface area contributed by atoms with Crippen LogP contribution in [-0.2, 0) is 7.05 Å². The van der Waals surface area contributed by atoms with Gasteiger partial charge in [-0.25, -0.2) is 4.39 Å². The molecule has 0 N–H and O–H groups in total. The van der Waals surface area contributed by atoms with E-state index >= 15 is 0 Å². The molecule has 8 heteroatoms. The minimum atomic E-state index is -0.234. The van der Waals surface area contributed by atoms with Crippen molar-refractivity contribution in [3.05, 3.63) is 82.4 Å². The third kappa shape index (κ3) is 5.14. The van der Waals surface area contributed by atoms with Crippen molar-refractivity contribution in [3.8, 4) is 0 Å². The van der Waals surface area contributed by atoms with Crippen molar-refractivity contribution in [3.63, 3.8) is 0 Å². The average molecular weight is 538 g/mol. The summed E-state index contributed by atoms with van der Waals surface area (Å²) in [6.45, 7) is 12.2. The van der Waals surface area contributed by atoms with E-state index in [1.165, 1.54) is 17.7 Å². The van der Waals surface area contributed by atoms with E-state index in [2.05, 4.69) is 47.6 Å². The molecule has 0 unspecified atom stereocenters. The number of halogens is 2. The number of benzene rings is 2. The lowest BCUT2D eigenvalue weighted by Crippen LogP contribution is -2.54. The maximum atomic E-state index is 13.7. The van der Waals surface area contributed by atoms with Crippen LogP contribution in [-0.4, -0.2) is 72.1 Å². The van der Waals surface area contributed by atoms with Gasteiger partial charge in [-0.05, 0) is 68.8 Å². The van der Waals surface area contributed by atoms with Crippen LogP contribution in [0.1, 0.15) is 41.6 Å². The number of aromatic nitrogens is 1. The number of amides is 1. The molecule has 0 aliphatic carbocycles. The smallest absolute Gasteiger partial charge is 0.270 e. The van der Waals surface area contributed by atoms with E-state index in [1.54, 1.807) is 0 Å². The van der Waals surface area contributed by atoms with E-state index in [0.717, 1.165) is 67.1 Å². The predicted octanol–water partition coefficient (Wildman–Crippen LogP) is 5.36. The summed E-state index contributed by atoms with van der Waals surface area (Å²) in [6.07, 6.45) is 0. The first kappa shape index (κ1) is 26.6. The lowest BCUT2D eigenvalue weighted by molar-refractivity contribution is 0.0664. The summed E-state index contributed by atoms with van der Waals surface area (Å²) in [6, 6.07) is 17.0. The highest BCUT2D eigenvalue weighted by molar-refractivity contribution is 6.33. The molecule has 0 saturated carbocycles. The van der Waals surface area contributed by atoms with Gasteiger partial charge in [-0.3, -0.25) is 9.69 Å². The van der Waals surface area contributed by atoms with E-state index in [4.69, 9.17) is 11.6 Å². The fourth-order valence-corrected chi connectivity index (χ4v) is 6.15. The summed E-state index contributed by atoms with van der Waals surface area (Å²) < 4.78 is 15.4. The highest BCUT2D eigenvalue weighted by atomic mass is 35.5. The third-order valence-electron chi connectivity index (χ3n) is 8.38. The fraction of sp³-hybridized carbons (Fsp3) is 0.433. The maximum absolute atomic E-state index is 13.7. The molecule has 2 aromatic carbocycles. The fourth-order valence-electron chi connectivity index (χ4n) is 5.90. The molecule has 202 valence electrons. The summed E-state index contributed by atoms with van der Waals surface area (Å²) in [5.74, 6) is -0.161. The zero-order valence-electron chi connectivity index (χ0n) is 22.7. The molecule has 2 saturated heterocycles. The van der Waals surface area contributed by atoms with Crippen LogP contribution in [0.5, 0.6) is 0 Å². The molecular formula is C30H37ClFN5O. The van der Waals surface area contributed by atoms with Crippen LogP contribution >= 0.6 is 11.6 Å². The SMILES string of the molecule is Cc1c([C@H](C)N2CCN(c3ccccc3Cl)CC2)cc(C(=O)N2CCN(c3ccc(F)cc3)C[C@@H]2C)n1C. The number of hydrogen-bond acceptors (Lipinski definition) is 4. The second-order valence-corrected chi connectivity index (χ2v) is 11.0. The molecule has 5 rings (SSSR count). The van der Waals surface area contributed by atoms with Crippen molar-refractivity contribution < 1.29 is 9.18 Å². The van der Waals surface area contributed by atoms with Crippen molar-refractivity contribution in [2.24, 2.45) is 7.05 Å². The van der Waals surface area contributed by atoms with Gasteiger partial charge in [0.15, 0.2) is 0 Å². The Morgan fingerprint density at radius 1 is 0.974 bits per heavy atom. The lowest BCUT2D eigenvalue weighted by Gasteiger charge is -2.41. The number of para-hydroxylation sites is 1. The first-order valence-electron chi connectivity index (χ1n) is 13.5. The van der Waals surface area contributed by atoms with Crippen LogP contribution in [0.15, 0.2) is 54.6 Å². The summed E-state index contributed by atoms with van der Waals surface area (Å²) in [5.41, 5.74) is 5.16. The minimum Gasteiger partial charge on any atom is -0.368 e. The highest BCUT2D eigenvalue weighted by Crippen LogP contribution is 2.31. The number of carbonyl (C=O) groups excluding carboxylic acids is 1. The van der Waals surface area contributed by atoms with Crippen LogP contribution in [0.2, 0.25) is 5.02 Å². The Bertz CT molecular complexity index is 1280. The minimum absolute atomic E-state index is 0.0512. The first-order valence-corrected chi connectivity index (χ1v) is 13.8. The van der Waals surface area contributed by atoms with Gasteiger partial charge in [0.2, 0.25) is 0 Å². The number of nitrogens with zero attached hydrogens (tertiary/aromatic N) is 5. The van der Waals surface area contributed by atoms with Gasteiger partial charge in [-0.1, -0.05) is 23.7 Å². The Morgan fingerprint density at radius 3 is 2.29 bits per heavy atom. The van der Waals surface area contributed by atoms with E-state index in [1.807, 2.05) is 46.8 Å². The largest absolute Gasteiger partial charge is 0.368 e. The summed E-state index contributed by atoms with van der Waals surface area (Å²) in [4.78, 5) is 22.8. The van der Waals surface area contributed by atoms with Crippen LogP contribution in [0, 0.1) is 12.7 Å². The molecule has 38 heavy (non-hydrogen) atoms. The standard InChI is InChI=1S/C30H37ClFN5O/c1-21-20-36(25-11-9-24(32)10-12-25)17-18-37(21)30(38)29-19-26(22(2)33(29)4)23(3)34-13-15-35(16-14-34)28-8-6-5-7-27(28)31/h5-12,19,21,23H,13-18,20H2,1-4H3/t21-,23-/m0/s1. The zero-order valence-corrected chi connectivity index (χ0v) is 23.5. The Hall–Kier alpha value is -3.03. The number of anilines is 2. The van der Waals surface area contributed by atoms with Crippen LogP contribution in [0.4, 0.5) is 15.8 Å². The molecule has 2 fully saturated rings. The summed E-state index contributed by atoms with van der Waals surface area (Å²) in [5, 5.41) is 0.795. The first-order chi connectivity index (χ1) is 18.2. The Morgan fingerprint density at radius 2 is 1.63 bits per heavy atom. The van der Waals surface area contributed by atoms with Crippen molar-refractivity contribution in [1.82, 2.24) is 14.4 Å². The van der Waals surface area contributed by atoms with E-state index in [0.29, 0.717) is 6.54 Å². The Kier molecular flexibility index (Phi) is 7.68. The summed E-state index contributed by atoms with van der Waals surface area (Å²) >= 11 is 6.43. The van der Waals surface area contributed by atoms with Gasteiger partial charge in [0.1, 0.15) is 11.5 Å². The van der Waals surface area contributed by atoms with Gasteiger partial charge >= 0.3 is 0 Å². The predicted molar refractivity (Wildman–Crippen MR) is 153 cm³/mol. The normalized spacial score (nSPS) is 19.6. The Balaban J connectivity index is 1.25. The molecule has 3 aromatic rings. The third-order valence-corrected chi connectivity index (χ3v) is 8.70. The summed E-state index contributed by atoms with van der Waals surface area (Å²) in [7, 11) is 1.99.